The number of halogens is 1. The number of nitrogens with zero attached hydrogens (tertiary/aromatic N) is 1. The second-order valence-electron chi connectivity index (χ2n) is 5.93. The molecule has 3 heteroatoms. The zero-order valence-electron chi connectivity index (χ0n) is 12.5. The first-order valence-corrected chi connectivity index (χ1v) is 7.77. The predicted octanol–water partition coefficient (Wildman–Crippen LogP) is 4.02. The number of carbonyl (C=O) groups is 1. The van der Waals surface area contributed by atoms with Crippen molar-refractivity contribution >= 4 is 6.29 Å². The van der Waals surface area contributed by atoms with Gasteiger partial charge in [-0.1, -0.05) is 30.3 Å². The maximum Gasteiger partial charge on any atom is 0.150 e. The highest BCUT2D eigenvalue weighted by Gasteiger charge is 2.22. The third kappa shape index (κ3) is 3.42. The summed E-state index contributed by atoms with van der Waals surface area (Å²) in [6.45, 7) is 2.92. The van der Waals surface area contributed by atoms with Gasteiger partial charge in [-0.3, -0.25) is 9.69 Å². The van der Waals surface area contributed by atoms with Crippen LogP contribution < -0.4 is 0 Å². The van der Waals surface area contributed by atoms with Gasteiger partial charge in [0.2, 0.25) is 0 Å². The van der Waals surface area contributed by atoms with Crippen molar-refractivity contribution in [3.63, 3.8) is 0 Å². The van der Waals surface area contributed by atoms with E-state index in [1.165, 1.54) is 17.7 Å². The second-order valence-corrected chi connectivity index (χ2v) is 5.93. The molecule has 2 aromatic rings. The van der Waals surface area contributed by atoms with E-state index in [2.05, 4.69) is 29.2 Å². The van der Waals surface area contributed by atoms with Gasteiger partial charge in [-0.05, 0) is 61.2 Å². The van der Waals surface area contributed by atoms with Gasteiger partial charge >= 0.3 is 0 Å². The van der Waals surface area contributed by atoms with Crippen LogP contribution in [-0.2, 0) is 6.54 Å². The molecule has 3 rings (SSSR count). The number of aldehydes is 1. The molecule has 2 nitrogen and oxygen atoms in total. The van der Waals surface area contributed by atoms with Gasteiger partial charge in [-0.15, -0.1) is 0 Å². The van der Waals surface area contributed by atoms with E-state index in [0.717, 1.165) is 44.3 Å². The fourth-order valence-corrected chi connectivity index (χ4v) is 3.25. The molecule has 0 amide bonds. The minimum Gasteiger partial charge on any atom is -0.299 e. The molecule has 114 valence electrons. The summed E-state index contributed by atoms with van der Waals surface area (Å²) in [5.74, 6) is 0.0234. The van der Waals surface area contributed by atoms with Crippen LogP contribution >= 0.6 is 0 Å². The summed E-state index contributed by atoms with van der Waals surface area (Å²) in [6.07, 6.45) is 2.78. The molecule has 0 radical (unpaired) electrons. The van der Waals surface area contributed by atoms with E-state index in [4.69, 9.17) is 0 Å². The first kappa shape index (κ1) is 14.9. The topological polar surface area (TPSA) is 20.3 Å². The van der Waals surface area contributed by atoms with E-state index in [1.807, 2.05) is 6.07 Å². The minimum atomic E-state index is -0.257. The van der Waals surface area contributed by atoms with Crippen LogP contribution in [0, 0.1) is 5.82 Å². The zero-order valence-corrected chi connectivity index (χ0v) is 12.5. The van der Waals surface area contributed by atoms with E-state index >= 15 is 0 Å². The standard InChI is InChI=1S/C19H20FNO/c20-18-7-6-17(14-22)19(12-18)16-8-10-21(11-9-16)13-15-4-2-1-3-5-15/h1-7,12,14,16H,8-11,13H2. The fraction of sp³-hybridized carbons (Fsp3) is 0.316. The minimum absolute atomic E-state index is 0.257. The number of hydrogen-bond acceptors (Lipinski definition) is 2. The molecule has 0 aliphatic carbocycles. The molecule has 1 aliphatic rings. The Morgan fingerprint density at radius 1 is 1.09 bits per heavy atom. The van der Waals surface area contributed by atoms with Crippen LogP contribution in [0.1, 0.15) is 40.2 Å². The lowest BCUT2D eigenvalue weighted by Gasteiger charge is -2.32. The molecular weight excluding hydrogens is 277 g/mol. The summed E-state index contributed by atoms with van der Waals surface area (Å²) in [4.78, 5) is 13.6. The van der Waals surface area contributed by atoms with Crippen LogP contribution in [0.15, 0.2) is 48.5 Å². The van der Waals surface area contributed by atoms with E-state index in [1.54, 1.807) is 6.07 Å². The zero-order chi connectivity index (χ0) is 15.4. The van der Waals surface area contributed by atoms with Crippen molar-refractivity contribution in [3.05, 3.63) is 71.0 Å². The number of hydrogen-bond donors (Lipinski definition) is 0. The molecule has 0 saturated carbocycles. The third-order valence-corrected chi connectivity index (χ3v) is 4.45. The van der Waals surface area contributed by atoms with Crippen LogP contribution in [-0.4, -0.2) is 24.3 Å². The van der Waals surface area contributed by atoms with Gasteiger partial charge < -0.3 is 0 Å². The average molecular weight is 297 g/mol. The molecule has 0 spiro atoms. The molecule has 1 saturated heterocycles. The Labute approximate surface area is 130 Å². The Hall–Kier alpha value is -2.00. The Kier molecular flexibility index (Phi) is 4.64. The molecule has 0 unspecified atom stereocenters. The van der Waals surface area contributed by atoms with Gasteiger partial charge in [-0.25, -0.2) is 4.39 Å². The normalized spacial score (nSPS) is 16.6. The summed E-state index contributed by atoms with van der Waals surface area (Å²) in [7, 11) is 0. The van der Waals surface area contributed by atoms with Crippen molar-refractivity contribution in [2.75, 3.05) is 13.1 Å². The van der Waals surface area contributed by atoms with Crippen molar-refractivity contribution in [1.82, 2.24) is 4.90 Å². The molecule has 22 heavy (non-hydrogen) atoms. The van der Waals surface area contributed by atoms with Crippen molar-refractivity contribution in [2.24, 2.45) is 0 Å². The van der Waals surface area contributed by atoms with E-state index in [0.29, 0.717) is 5.56 Å². The molecule has 0 aromatic heterocycles. The van der Waals surface area contributed by atoms with Crippen molar-refractivity contribution in [1.29, 1.82) is 0 Å². The number of likely N-dealkylation sites (tertiary alicyclic amines) is 1. The van der Waals surface area contributed by atoms with Gasteiger partial charge in [0.25, 0.3) is 0 Å². The maximum atomic E-state index is 13.5. The molecule has 0 atom stereocenters. The smallest absolute Gasteiger partial charge is 0.150 e. The predicted molar refractivity (Wildman–Crippen MR) is 85.5 cm³/mol. The Balaban J connectivity index is 1.64. The summed E-state index contributed by atoms with van der Waals surface area (Å²) in [6, 6.07) is 14.9. The largest absolute Gasteiger partial charge is 0.299 e. The third-order valence-electron chi connectivity index (χ3n) is 4.45. The first-order valence-electron chi connectivity index (χ1n) is 7.77. The maximum absolute atomic E-state index is 13.5. The fourth-order valence-electron chi connectivity index (χ4n) is 3.25. The lowest BCUT2D eigenvalue weighted by Crippen LogP contribution is -2.32. The number of carbonyl (C=O) groups excluding carboxylic acids is 1. The summed E-state index contributed by atoms with van der Waals surface area (Å²) < 4.78 is 13.5. The van der Waals surface area contributed by atoms with Gasteiger partial charge in [-0.2, -0.15) is 0 Å². The Morgan fingerprint density at radius 3 is 2.50 bits per heavy atom. The lowest BCUT2D eigenvalue weighted by atomic mass is 9.86. The molecular formula is C19H20FNO. The van der Waals surface area contributed by atoms with E-state index in [-0.39, 0.29) is 11.7 Å². The molecule has 1 aliphatic heterocycles. The molecule has 1 heterocycles. The van der Waals surface area contributed by atoms with Crippen LogP contribution in [0.4, 0.5) is 4.39 Å². The number of piperidine rings is 1. The van der Waals surface area contributed by atoms with Gasteiger partial charge in [0.1, 0.15) is 12.1 Å². The first-order chi connectivity index (χ1) is 10.8. The van der Waals surface area contributed by atoms with Crippen LogP contribution in [0.5, 0.6) is 0 Å². The van der Waals surface area contributed by atoms with Gasteiger partial charge in [0.05, 0.1) is 0 Å². The molecule has 0 N–H and O–H groups in total. The van der Waals surface area contributed by atoms with E-state index in [9.17, 15) is 9.18 Å². The summed E-state index contributed by atoms with van der Waals surface area (Å²) >= 11 is 0. The highest BCUT2D eigenvalue weighted by Crippen LogP contribution is 2.31. The average Bonchev–Trinajstić information content (AvgIpc) is 2.56. The van der Waals surface area contributed by atoms with Crippen LogP contribution in [0.2, 0.25) is 0 Å². The quantitative estimate of drug-likeness (QED) is 0.795. The second kappa shape index (κ2) is 6.84. The summed E-state index contributed by atoms with van der Waals surface area (Å²) in [5, 5.41) is 0. The van der Waals surface area contributed by atoms with Crippen LogP contribution in [0.25, 0.3) is 0 Å². The number of benzene rings is 2. The molecule has 0 bridgehead atoms. The highest BCUT2D eigenvalue weighted by molar-refractivity contribution is 5.77. The highest BCUT2D eigenvalue weighted by atomic mass is 19.1. The Morgan fingerprint density at radius 2 is 1.82 bits per heavy atom. The summed E-state index contributed by atoms with van der Waals surface area (Å²) in [5.41, 5.74) is 2.82. The Bertz CT molecular complexity index is 633. The van der Waals surface area contributed by atoms with Gasteiger partial charge in [0, 0.05) is 12.1 Å². The van der Waals surface area contributed by atoms with Crippen molar-refractivity contribution < 1.29 is 9.18 Å². The monoisotopic (exact) mass is 297 g/mol. The van der Waals surface area contributed by atoms with Crippen molar-refractivity contribution in [2.45, 2.75) is 25.3 Å². The number of rotatable bonds is 4. The van der Waals surface area contributed by atoms with E-state index < -0.39 is 0 Å². The lowest BCUT2D eigenvalue weighted by molar-refractivity contribution is 0.112. The molecule has 2 aromatic carbocycles. The van der Waals surface area contributed by atoms with Crippen LogP contribution in [0.3, 0.4) is 0 Å². The SMILES string of the molecule is O=Cc1ccc(F)cc1C1CCN(Cc2ccccc2)CC1. The van der Waals surface area contributed by atoms with Gasteiger partial charge in [0.15, 0.2) is 0 Å². The molecule has 1 fully saturated rings. The van der Waals surface area contributed by atoms with Crippen molar-refractivity contribution in [3.8, 4) is 0 Å².